The third-order valence-corrected chi connectivity index (χ3v) is 4.08. The van der Waals surface area contributed by atoms with Gasteiger partial charge in [-0.15, -0.1) is 21.6 Å². The van der Waals surface area contributed by atoms with Gasteiger partial charge in [0.25, 0.3) is 0 Å². The predicted molar refractivity (Wildman–Crippen MR) is 80.3 cm³/mol. The molecule has 2 aromatic carbocycles. The number of hydrogen-bond donors (Lipinski definition) is 1. The average molecular weight is 364 g/mol. The molecule has 2 N–H and O–H groups in total. The van der Waals surface area contributed by atoms with Gasteiger partial charge in [-0.3, -0.25) is 5.41 Å². The Bertz CT molecular complexity index is 766. The minimum absolute atomic E-state index is 0.802. The van der Waals surface area contributed by atoms with Crippen LogP contribution in [0.1, 0.15) is 0 Å². The SMILES string of the molecule is [NH2+]=c1cc(-c2ccccc2)sc(-c2ccccc2)c1.[O-][Cl+3]([O-])([O-])[O-]. The maximum absolute atomic E-state index is 8.49. The van der Waals surface area contributed by atoms with Gasteiger partial charge in [0, 0.05) is 21.9 Å². The number of rotatable bonds is 2. The average Bonchev–Trinajstić information content (AvgIpc) is 2.54. The second-order valence-corrected chi connectivity index (χ2v) is 6.57. The monoisotopic (exact) mass is 363 g/mol. The second kappa shape index (κ2) is 8.16. The first-order valence-electron chi connectivity index (χ1n) is 6.79. The van der Waals surface area contributed by atoms with Crippen LogP contribution in [0, 0.1) is 10.2 Å². The lowest BCUT2D eigenvalue weighted by Gasteiger charge is -2.17. The predicted octanol–water partition coefficient (Wildman–Crippen LogP) is -2.01. The van der Waals surface area contributed by atoms with Gasteiger partial charge in [-0.25, -0.2) is 18.6 Å². The number of halogens is 1. The lowest BCUT2D eigenvalue weighted by molar-refractivity contribution is -2.00. The molecule has 3 rings (SSSR count). The summed E-state index contributed by atoms with van der Waals surface area (Å²) in [7, 11) is -4.94. The first kappa shape index (κ1) is 18.3. The van der Waals surface area contributed by atoms with Crippen molar-refractivity contribution in [2.45, 2.75) is 0 Å². The summed E-state index contributed by atoms with van der Waals surface area (Å²) < 4.78 is 34.0. The highest BCUT2D eigenvalue weighted by atomic mass is 35.7. The quantitative estimate of drug-likeness (QED) is 0.565. The zero-order chi connectivity index (χ0) is 17.6. The molecule has 1 heterocycles. The highest BCUT2D eigenvalue weighted by molar-refractivity contribution is 7.18. The Labute approximate surface area is 145 Å². The molecule has 0 amide bonds. The summed E-state index contributed by atoms with van der Waals surface area (Å²) >= 11 is 1.76. The van der Waals surface area contributed by atoms with Crippen molar-refractivity contribution in [3.63, 3.8) is 0 Å². The molecule has 0 atom stereocenters. The van der Waals surface area contributed by atoms with Crippen LogP contribution in [-0.4, -0.2) is 0 Å². The molecule has 7 heteroatoms. The van der Waals surface area contributed by atoms with Crippen molar-refractivity contribution in [3.8, 4) is 20.9 Å². The maximum Gasteiger partial charge on any atom is 0.199 e. The molecule has 0 saturated carbocycles. The highest BCUT2D eigenvalue weighted by Gasteiger charge is 2.05. The normalized spacial score (nSPS) is 10.7. The van der Waals surface area contributed by atoms with Crippen molar-refractivity contribution in [3.05, 3.63) is 78.2 Å². The molecule has 5 nitrogen and oxygen atoms in total. The fourth-order valence-corrected chi connectivity index (χ4v) is 3.15. The third kappa shape index (κ3) is 6.21. The van der Waals surface area contributed by atoms with Crippen LogP contribution in [-0.2, 0) is 0 Å². The summed E-state index contributed by atoms with van der Waals surface area (Å²) in [5.74, 6) is 0. The second-order valence-electron chi connectivity index (χ2n) is 4.73. The molecule has 0 saturated heterocycles. The smallest absolute Gasteiger partial charge is 0.199 e. The summed E-state index contributed by atoms with van der Waals surface area (Å²) in [4.78, 5) is 2.39. The van der Waals surface area contributed by atoms with E-state index >= 15 is 0 Å². The number of hydrogen-bond acceptors (Lipinski definition) is 5. The van der Waals surface area contributed by atoms with E-state index in [2.05, 4.69) is 24.3 Å². The van der Waals surface area contributed by atoms with E-state index in [0.29, 0.717) is 0 Å². The molecule has 0 fully saturated rings. The van der Waals surface area contributed by atoms with Gasteiger partial charge in [0.1, 0.15) is 0 Å². The Balaban J connectivity index is 0.000000368. The molecular weight excluding hydrogens is 350 g/mol. The van der Waals surface area contributed by atoms with Gasteiger partial charge in [0.05, 0.1) is 0 Å². The van der Waals surface area contributed by atoms with Crippen LogP contribution in [0.4, 0.5) is 0 Å². The Hall–Kier alpha value is -2.06. The fourth-order valence-electron chi connectivity index (χ4n) is 2.01. The van der Waals surface area contributed by atoms with Gasteiger partial charge in [0.15, 0.2) is 5.36 Å². The van der Waals surface area contributed by atoms with E-state index in [1.807, 2.05) is 48.5 Å². The zero-order valence-corrected chi connectivity index (χ0v) is 14.0. The van der Waals surface area contributed by atoms with Crippen LogP contribution in [0.5, 0.6) is 0 Å². The summed E-state index contributed by atoms with van der Waals surface area (Å²) in [5, 5.41) is 6.84. The first-order chi connectivity index (χ1) is 11.3. The van der Waals surface area contributed by atoms with Crippen LogP contribution in [0.25, 0.3) is 20.9 Å². The van der Waals surface area contributed by atoms with Crippen LogP contribution in [0.2, 0.25) is 0 Å². The van der Waals surface area contributed by atoms with E-state index in [4.69, 9.17) is 24.0 Å². The molecule has 0 aliphatic carbocycles. The first-order valence-corrected chi connectivity index (χ1v) is 8.84. The van der Waals surface area contributed by atoms with Gasteiger partial charge in [0.2, 0.25) is 0 Å². The van der Waals surface area contributed by atoms with Crippen molar-refractivity contribution in [2.75, 3.05) is 0 Å². The minimum atomic E-state index is -4.94. The van der Waals surface area contributed by atoms with E-state index in [-0.39, 0.29) is 0 Å². The van der Waals surface area contributed by atoms with E-state index in [9.17, 15) is 0 Å². The molecule has 124 valence electrons. The van der Waals surface area contributed by atoms with E-state index in [1.165, 1.54) is 20.9 Å². The zero-order valence-electron chi connectivity index (χ0n) is 12.4. The van der Waals surface area contributed by atoms with Gasteiger partial charge in [-0.2, -0.15) is 0 Å². The van der Waals surface area contributed by atoms with E-state index < -0.39 is 10.2 Å². The Morgan fingerprint density at radius 1 is 0.667 bits per heavy atom. The number of benzene rings is 2. The molecule has 3 aromatic rings. The summed E-state index contributed by atoms with van der Waals surface area (Å²) in [6.45, 7) is 0. The van der Waals surface area contributed by atoms with Gasteiger partial charge in [-0.05, 0) is 11.1 Å². The van der Waals surface area contributed by atoms with Crippen molar-refractivity contribution in [1.29, 1.82) is 0 Å². The summed E-state index contributed by atoms with van der Waals surface area (Å²) in [6, 6.07) is 24.8. The lowest BCUT2D eigenvalue weighted by Crippen LogP contribution is -2.68. The van der Waals surface area contributed by atoms with Crippen molar-refractivity contribution in [1.82, 2.24) is 0 Å². The molecule has 0 aliphatic rings. The minimum Gasteiger partial charge on any atom is -0.254 e. The van der Waals surface area contributed by atoms with Gasteiger partial charge >= 0.3 is 0 Å². The molecule has 24 heavy (non-hydrogen) atoms. The van der Waals surface area contributed by atoms with Crippen LogP contribution in [0.15, 0.2) is 72.8 Å². The van der Waals surface area contributed by atoms with E-state index in [1.54, 1.807) is 11.3 Å². The third-order valence-electron chi connectivity index (χ3n) is 2.93. The standard InChI is InChI=1S/C17H13NS.ClHO4/c18-15-11-16(13-7-3-1-4-8-13)19-17(12-15)14-9-5-2-6-10-14;2-1(3,4)5/h1-12,18H;(H,2,3,4,5). The molecule has 0 unspecified atom stereocenters. The van der Waals surface area contributed by atoms with Crippen molar-refractivity contribution in [2.24, 2.45) is 0 Å². The molecule has 0 bridgehead atoms. The molecule has 0 aliphatic heterocycles. The molecule has 0 spiro atoms. The maximum atomic E-state index is 8.49. The van der Waals surface area contributed by atoms with Crippen LogP contribution >= 0.6 is 11.3 Å². The van der Waals surface area contributed by atoms with Crippen LogP contribution < -0.4 is 29.4 Å². The lowest BCUT2D eigenvalue weighted by atomic mass is 10.1. The van der Waals surface area contributed by atoms with Crippen LogP contribution in [0.3, 0.4) is 0 Å². The summed E-state index contributed by atoms with van der Waals surface area (Å²) in [5.41, 5.74) is 2.41. The fraction of sp³-hybridized carbons (Fsp3) is 0. The summed E-state index contributed by atoms with van der Waals surface area (Å²) in [6.07, 6.45) is 0. The molecular formula is C17H14ClNO4S. The molecule has 1 aromatic heterocycles. The Morgan fingerprint density at radius 2 is 1.00 bits per heavy atom. The highest BCUT2D eigenvalue weighted by Crippen LogP contribution is 2.30. The van der Waals surface area contributed by atoms with E-state index in [0.717, 1.165) is 5.36 Å². The van der Waals surface area contributed by atoms with Crippen molar-refractivity contribution >= 4 is 11.3 Å². The number of nitrogens with two attached hydrogens (primary N) is 1. The topological polar surface area (TPSA) is 118 Å². The molecule has 0 radical (unpaired) electrons. The van der Waals surface area contributed by atoms with Crippen molar-refractivity contribution < 1.29 is 34.3 Å². The Kier molecular flexibility index (Phi) is 6.22. The largest absolute Gasteiger partial charge is 0.254 e. The van der Waals surface area contributed by atoms with Gasteiger partial charge < -0.3 is 0 Å². The van der Waals surface area contributed by atoms with Gasteiger partial charge in [-0.1, -0.05) is 60.7 Å². The Morgan fingerprint density at radius 3 is 1.33 bits per heavy atom.